The van der Waals surface area contributed by atoms with Gasteiger partial charge in [-0.2, -0.15) is 8.42 Å². The molecule has 0 amide bonds. The van der Waals surface area contributed by atoms with Crippen molar-refractivity contribution in [3.8, 4) is 0 Å². The third kappa shape index (κ3) is 2.32. The third-order valence-electron chi connectivity index (χ3n) is 2.82. The Morgan fingerprint density at radius 3 is 2.60 bits per heavy atom. The summed E-state index contributed by atoms with van der Waals surface area (Å²) < 4.78 is 28.0. The van der Waals surface area contributed by atoms with Crippen molar-refractivity contribution in [1.82, 2.24) is 0 Å². The van der Waals surface area contributed by atoms with Gasteiger partial charge in [0.1, 0.15) is 4.75 Å². The van der Waals surface area contributed by atoms with Gasteiger partial charge in [0.05, 0.1) is 6.61 Å². The van der Waals surface area contributed by atoms with Crippen LogP contribution in [0.25, 0.3) is 0 Å². The molecule has 1 rings (SSSR count). The van der Waals surface area contributed by atoms with E-state index in [1.54, 1.807) is 19.1 Å². The van der Waals surface area contributed by atoms with Crippen LogP contribution in [-0.4, -0.2) is 19.8 Å². The molecular weight excluding hydrogens is 212 g/mol. The zero-order valence-electron chi connectivity index (χ0n) is 9.43. The fourth-order valence-corrected chi connectivity index (χ4v) is 2.87. The van der Waals surface area contributed by atoms with Gasteiger partial charge < -0.3 is 0 Å². The zero-order valence-corrected chi connectivity index (χ0v) is 10.3. The summed E-state index contributed by atoms with van der Waals surface area (Å²) in [4.78, 5) is 0. The molecule has 0 N–H and O–H groups in total. The van der Waals surface area contributed by atoms with Crippen molar-refractivity contribution < 1.29 is 12.6 Å². The highest BCUT2D eigenvalue weighted by atomic mass is 32.2. The molecule has 0 aromatic carbocycles. The quantitative estimate of drug-likeness (QED) is 0.696. The first-order valence-electron chi connectivity index (χ1n) is 5.19. The molecule has 0 spiro atoms. The molecule has 0 bridgehead atoms. The minimum atomic E-state index is -3.53. The van der Waals surface area contributed by atoms with E-state index < -0.39 is 14.9 Å². The number of rotatable bonds is 4. The summed E-state index contributed by atoms with van der Waals surface area (Å²) in [6.45, 7) is 5.72. The SMILES string of the molecule is CCCOS(=O)(=O)C1(C)C=CC=CC1C. The molecule has 0 saturated carbocycles. The van der Waals surface area contributed by atoms with Crippen LogP contribution in [0.1, 0.15) is 27.2 Å². The lowest BCUT2D eigenvalue weighted by Gasteiger charge is -2.31. The molecule has 2 atom stereocenters. The van der Waals surface area contributed by atoms with Crippen LogP contribution in [0.3, 0.4) is 0 Å². The highest BCUT2D eigenvalue weighted by Gasteiger charge is 2.42. The maximum atomic E-state index is 12.0. The summed E-state index contributed by atoms with van der Waals surface area (Å²) in [5, 5.41) is 0. The van der Waals surface area contributed by atoms with E-state index in [0.29, 0.717) is 6.42 Å². The van der Waals surface area contributed by atoms with Crippen LogP contribution in [0.2, 0.25) is 0 Å². The average Bonchev–Trinajstić information content (AvgIpc) is 2.19. The average molecular weight is 230 g/mol. The second-order valence-corrected chi connectivity index (χ2v) is 6.02. The highest BCUT2D eigenvalue weighted by Crippen LogP contribution is 2.33. The minimum absolute atomic E-state index is 0.0654. The molecule has 2 unspecified atom stereocenters. The van der Waals surface area contributed by atoms with Crippen LogP contribution in [0.5, 0.6) is 0 Å². The lowest BCUT2D eigenvalue weighted by atomic mass is 9.91. The lowest BCUT2D eigenvalue weighted by Crippen LogP contribution is -2.41. The van der Waals surface area contributed by atoms with Gasteiger partial charge in [0, 0.05) is 0 Å². The number of hydrogen-bond acceptors (Lipinski definition) is 3. The molecule has 0 saturated heterocycles. The number of allylic oxidation sites excluding steroid dienone is 3. The summed E-state index contributed by atoms with van der Waals surface area (Å²) in [6.07, 6.45) is 7.90. The van der Waals surface area contributed by atoms with Gasteiger partial charge in [0.2, 0.25) is 0 Å². The predicted molar refractivity (Wildman–Crippen MR) is 61.0 cm³/mol. The molecule has 86 valence electrons. The van der Waals surface area contributed by atoms with Gasteiger partial charge in [-0.1, -0.05) is 38.2 Å². The van der Waals surface area contributed by atoms with Crippen LogP contribution in [0.4, 0.5) is 0 Å². The second kappa shape index (κ2) is 4.49. The van der Waals surface area contributed by atoms with E-state index in [0.717, 1.165) is 0 Å². The molecular formula is C11H18O3S. The lowest BCUT2D eigenvalue weighted by molar-refractivity contribution is 0.298. The Balaban J connectivity index is 2.94. The van der Waals surface area contributed by atoms with Crippen LogP contribution >= 0.6 is 0 Å². The first kappa shape index (κ1) is 12.5. The van der Waals surface area contributed by atoms with Gasteiger partial charge in [0.15, 0.2) is 0 Å². The molecule has 1 aliphatic rings. The molecule has 0 aromatic heterocycles. The molecule has 3 nitrogen and oxygen atoms in total. The van der Waals surface area contributed by atoms with Crippen molar-refractivity contribution >= 4 is 10.1 Å². The van der Waals surface area contributed by atoms with Gasteiger partial charge in [-0.05, 0) is 19.3 Å². The Morgan fingerprint density at radius 1 is 1.40 bits per heavy atom. The maximum Gasteiger partial charge on any atom is 0.277 e. The highest BCUT2D eigenvalue weighted by molar-refractivity contribution is 7.88. The Hall–Kier alpha value is -0.610. The summed E-state index contributed by atoms with van der Waals surface area (Å²) in [5.41, 5.74) is 0. The smallest absolute Gasteiger partial charge is 0.269 e. The molecule has 15 heavy (non-hydrogen) atoms. The fraction of sp³-hybridized carbons (Fsp3) is 0.636. The Bertz CT molecular complexity index is 367. The van der Waals surface area contributed by atoms with Gasteiger partial charge in [-0.25, -0.2) is 0 Å². The van der Waals surface area contributed by atoms with Gasteiger partial charge in [0.25, 0.3) is 10.1 Å². The van der Waals surface area contributed by atoms with Gasteiger partial charge in [-0.15, -0.1) is 0 Å². The van der Waals surface area contributed by atoms with Gasteiger partial charge >= 0.3 is 0 Å². The summed E-state index contributed by atoms with van der Waals surface area (Å²) >= 11 is 0. The van der Waals surface area contributed by atoms with Crippen LogP contribution in [-0.2, 0) is 14.3 Å². The van der Waals surface area contributed by atoms with Gasteiger partial charge in [-0.3, -0.25) is 4.18 Å². The van der Waals surface area contributed by atoms with E-state index in [-0.39, 0.29) is 12.5 Å². The third-order valence-corrected chi connectivity index (χ3v) is 4.89. The first-order valence-corrected chi connectivity index (χ1v) is 6.60. The predicted octanol–water partition coefficient (Wildman–Crippen LogP) is 2.26. The Kier molecular flexibility index (Phi) is 3.73. The molecule has 1 aliphatic carbocycles. The van der Waals surface area contributed by atoms with Crippen molar-refractivity contribution in [2.24, 2.45) is 5.92 Å². The molecule has 4 heteroatoms. The summed E-state index contributed by atoms with van der Waals surface area (Å²) in [6, 6.07) is 0. The first-order chi connectivity index (χ1) is 6.94. The van der Waals surface area contributed by atoms with Crippen molar-refractivity contribution in [2.75, 3.05) is 6.61 Å². The normalized spacial score (nSPS) is 30.7. The van der Waals surface area contributed by atoms with E-state index >= 15 is 0 Å². The van der Waals surface area contributed by atoms with Crippen molar-refractivity contribution in [1.29, 1.82) is 0 Å². The van der Waals surface area contributed by atoms with Crippen molar-refractivity contribution in [2.45, 2.75) is 31.9 Å². The molecule has 0 aromatic rings. The molecule has 0 aliphatic heterocycles. The topological polar surface area (TPSA) is 43.4 Å². The van der Waals surface area contributed by atoms with Crippen LogP contribution in [0.15, 0.2) is 24.3 Å². The largest absolute Gasteiger partial charge is 0.277 e. The zero-order chi connectivity index (χ0) is 11.5. The second-order valence-electron chi connectivity index (χ2n) is 3.99. The molecule has 0 fully saturated rings. The summed E-state index contributed by atoms with van der Waals surface area (Å²) in [7, 11) is -3.53. The Morgan fingerprint density at radius 2 is 2.07 bits per heavy atom. The van der Waals surface area contributed by atoms with E-state index in [1.807, 2.05) is 26.0 Å². The summed E-state index contributed by atoms with van der Waals surface area (Å²) in [5.74, 6) is -0.0654. The van der Waals surface area contributed by atoms with Crippen LogP contribution < -0.4 is 0 Å². The molecule has 0 heterocycles. The Labute approximate surface area is 92.0 Å². The monoisotopic (exact) mass is 230 g/mol. The minimum Gasteiger partial charge on any atom is -0.269 e. The van der Waals surface area contributed by atoms with E-state index in [9.17, 15) is 8.42 Å². The van der Waals surface area contributed by atoms with E-state index in [1.165, 1.54) is 0 Å². The van der Waals surface area contributed by atoms with E-state index in [4.69, 9.17) is 4.18 Å². The maximum absolute atomic E-state index is 12.0. The van der Waals surface area contributed by atoms with Crippen LogP contribution in [0, 0.1) is 5.92 Å². The fourth-order valence-electron chi connectivity index (χ4n) is 1.45. The molecule has 0 radical (unpaired) electrons. The van der Waals surface area contributed by atoms with E-state index in [2.05, 4.69) is 0 Å². The van der Waals surface area contributed by atoms with Crippen molar-refractivity contribution in [3.05, 3.63) is 24.3 Å². The van der Waals surface area contributed by atoms with Crippen molar-refractivity contribution in [3.63, 3.8) is 0 Å². The standard InChI is InChI=1S/C11H18O3S/c1-4-9-14-15(12,13)11(3)8-6-5-7-10(11)2/h5-8,10H,4,9H2,1-3H3. The number of hydrogen-bond donors (Lipinski definition) is 0.